The molecule has 1 unspecified atom stereocenters. The van der Waals surface area contributed by atoms with Crippen LogP contribution in [-0.4, -0.2) is 41.0 Å². The van der Waals surface area contributed by atoms with Crippen molar-refractivity contribution in [2.75, 3.05) is 7.05 Å². The van der Waals surface area contributed by atoms with Crippen LogP contribution in [0.2, 0.25) is 0 Å². The average Bonchev–Trinajstić information content (AvgIpc) is 2.93. The molecular weight excluding hydrogens is 328 g/mol. The second kappa shape index (κ2) is 8.15. The van der Waals surface area contributed by atoms with E-state index in [4.69, 9.17) is 0 Å². The van der Waals surface area contributed by atoms with E-state index in [0.29, 0.717) is 13.0 Å². The first-order chi connectivity index (χ1) is 12.6. The lowest BCUT2D eigenvalue weighted by atomic mass is 9.87. The molecule has 26 heavy (non-hydrogen) atoms. The van der Waals surface area contributed by atoms with Crippen molar-refractivity contribution >= 4 is 11.9 Å². The van der Waals surface area contributed by atoms with Gasteiger partial charge in [-0.1, -0.05) is 60.7 Å². The fourth-order valence-corrected chi connectivity index (χ4v) is 3.83. The Balaban J connectivity index is 1.90. The molecule has 0 saturated carbocycles. The van der Waals surface area contributed by atoms with Gasteiger partial charge in [0.1, 0.15) is 6.04 Å². The van der Waals surface area contributed by atoms with E-state index in [2.05, 4.69) is 5.32 Å². The summed E-state index contributed by atoms with van der Waals surface area (Å²) >= 11 is 0. The highest BCUT2D eigenvalue weighted by atomic mass is 16.4. The lowest BCUT2D eigenvalue weighted by Gasteiger charge is -2.31. The third kappa shape index (κ3) is 3.94. The van der Waals surface area contributed by atoms with Crippen LogP contribution >= 0.6 is 0 Å². The maximum Gasteiger partial charge on any atom is 0.321 e. The largest absolute Gasteiger partial charge is 0.480 e. The average molecular weight is 352 g/mol. The number of carboxylic acid groups (broad SMARTS) is 1. The Kier molecular flexibility index (Phi) is 5.68. The molecule has 1 aliphatic heterocycles. The van der Waals surface area contributed by atoms with Crippen molar-refractivity contribution in [2.24, 2.45) is 5.92 Å². The molecule has 2 aromatic carbocycles. The molecule has 0 aromatic heterocycles. The van der Waals surface area contributed by atoms with Crippen LogP contribution in [0.15, 0.2) is 60.7 Å². The van der Waals surface area contributed by atoms with Gasteiger partial charge in [-0.15, -0.1) is 0 Å². The van der Waals surface area contributed by atoms with Gasteiger partial charge in [-0.25, -0.2) is 0 Å². The van der Waals surface area contributed by atoms with Crippen LogP contribution in [0.5, 0.6) is 0 Å². The van der Waals surface area contributed by atoms with Gasteiger partial charge in [0.2, 0.25) is 5.91 Å². The minimum Gasteiger partial charge on any atom is -0.480 e. The summed E-state index contributed by atoms with van der Waals surface area (Å²) in [4.78, 5) is 26.3. The predicted octanol–water partition coefficient (Wildman–Crippen LogP) is 2.32. The monoisotopic (exact) mass is 352 g/mol. The van der Waals surface area contributed by atoms with Crippen LogP contribution in [0.1, 0.15) is 17.5 Å². The van der Waals surface area contributed by atoms with E-state index in [1.54, 1.807) is 7.05 Å². The Labute approximate surface area is 153 Å². The van der Waals surface area contributed by atoms with E-state index < -0.39 is 12.0 Å². The number of nitrogens with zero attached hydrogens (tertiary/aromatic N) is 1. The smallest absolute Gasteiger partial charge is 0.321 e. The molecule has 1 amide bonds. The van der Waals surface area contributed by atoms with Crippen LogP contribution in [0.25, 0.3) is 0 Å². The molecule has 5 nitrogen and oxygen atoms in total. The Morgan fingerprint density at radius 2 is 1.69 bits per heavy atom. The topological polar surface area (TPSA) is 69.6 Å². The van der Waals surface area contributed by atoms with Gasteiger partial charge in [0, 0.05) is 24.9 Å². The highest BCUT2D eigenvalue weighted by Gasteiger charge is 2.45. The summed E-state index contributed by atoms with van der Waals surface area (Å²) in [5, 5.41) is 12.5. The molecule has 3 rings (SSSR count). The number of rotatable bonds is 7. The highest BCUT2D eigenvalue weighted by molar-refractivity contribution is 5.82. The zero-order valence-electron chi connectivity index (χ0n) is 14.8. The van der Waals surface area contributed by atoms with Gasteiger partial charge in [0.15, 0.2) is 0 Å². The Morgan fingerprint density at radius 1 is 1.12 bits per heavy atom. The van der Waals surface area contributed by atoms with Crippen LogP contribution in [0.4, 0.5) is 0 Å². The molecule has 5 heteroatoms. The van der Waals surface area contributed by atoms with Gasteiger partial charge < -0.3 is 15.3 Å². The number of likely N-dealkylation sites (tertiary alicyclic amines) is 1. The lowest BCUT2D eigenvalue weighted by molar-refractivity contribution is -0.141. The van der Waals surface area contributed by atoms with Crippen molar-refractivity contribution in [3.05, 3.63) is 71.8 Å². The van der Waals surface area contributed by atoms with E-state index in [0.717, 1.165) is 11.1 Å². The molecule has 1 fully saturated rings. The number of carboxylic acids is 1. The first-order valence-corrected chi connectivity index (χ1v) is 8.87. The minimum atomic E-state index is -0.912. The van der Waals surface area contributed by atoms with Crippen LogP contribution in [0.3, 0.4) is 0 Å². The fraction of sp³-hybridized carbons (Fsp3) is 0.333. The number of carbonyl (C=O) groups is 2. The number of aliphatic carboxylic acids is 1. The van der Waals surface area contributed by atoms with Crippen molar-refractivity contribution in [3.8, 4) is 0 Å². The summed E-state index contributed by atoms with van der Waals surface area (Å²) in [5.41, 5.74) is 2.16. The van der Waals surface area contributed by atoms with E-state index >= 15 is 0 Å². The number of nitrogens with one attached hydrogen (secondary N) is 1. The number of benzene rings is 2. The van der Waals surface area contributed by atoms with Crippen LogP contribution < -0.4 is 5.32 Å². The van der Waals surface area contributed by atoms with Crippen LogP contribution in [-0.2, 0) is 22.6 Å². The number of amides is 1. The second-order valence-electron chi connectivity index (χ2n) is 6.74. The van der Waals surface area contributed by atoms with Gasteiger partial charge in [-0.3, -0.25) is 9.59 Å². The molecule has 0 spiro atoms. The van der Waals surface area contributed by atoms with Crippen LogP contribution in [0, 0.1) is 5.92 Å². The predicted molar refractivity (Wildman–Crippen MR) is 99.5 cm³/mol. The van der Waals surface area contributed by atoms with Gasteiger partial charge >= 0.3 is 5.97 Å². The molecule has 2 aromatic rings. The van der Waals surface area contributed by atoms with Crippen molar-refractivity contribution < 1.29 is 14.7 Å². The van der Waals surface area contributed by atoms with E-state index in [1.807, 2.05) is 65.6 Å². The minimum absolute atomic E-state index is 0.0151. The maximum atomic E-state index is 12.7. The molecule has 3 atom stereocenters. The summed E-state index contributed by atoms with van der Waals surface area (Å²) in [7, 11) is 1.64. The van der Waals surface area contributed by atoms with E-state index in [9.17, 15) is 14.7 Å². The first kappa shape index (κ1) is 18.1. The second-order valence-corrected chi connectivity index (χ2v) is 6.74. The fourth-order valence-electron chi connectivity index (χ4n) is 3.83. The first-order valence-electron chi connectivity index (χ1n) is 8.87. The molecule has 136 valence electrons. The van der Waals surface area contributed by atoms with E-state index in [-0.39, 0.29) is 24.3 Å². The third-order valence-corrected chi connectivity index (χ3v) is 5.11. The van der Waals surface area contributed by atoms with Gasteiger partial charge in [0.25, 0.3) is 0 Å². The maximum absolute atomic E-state index is 12.7. The molecule has 1 saturated heterocycles. The molecular formula is C21H24N2O3. The van der Waals surface area contributed by atoms with Gasteiger partial charge in [0.05, 0.1) is 0 Å². The quantitative estimate of drug-likeness (QED) is 0.802. The van der Waals surface area contributed by atoms with E-state index in [1.165, 1.54) is 0 Å². The van der Waals surface area contributed by atoms with Gasteiger partial charge in [-0.05, 0) is 24.6 Å². The Hall–Kier alpha value is -2.66. The summed E-state index contributed by atoms with van der Waals surface area (Å²) < 4.78 is 0. The molecule has 2 N–H and O–H groups in total. The Morgan fingerprint density at radius 3 is 2.23 bits per heavy atom. The summed E-state index contributed by atoms with van der Waals surface area (Å²) in [5.74, 6) is -1.17. The van der Waals surface area contributed by atoms with Crippen molar-refractivity contribution in [1.82, 2.24) is 10.2 Å². The normalized spacial score (nSPS) is 21.0. The van der Waals surface area contributed by atoms with Crippen molar-refractivity contribution in [1.29, 1.82) is 0 Å². The number of hydrogen-bond donors (Lipinski definition) is 2. The SMILES string of the molecule is CNC(C(=O)O)[C@@H]1CC(=O)N(Cc2ccccc2)[C@H]1Cc1ccccc1. The lowest BCUT2D eigenvalue weighted by Crippen LogP contribution is -2.47. The van der Waals surface area contributed by atoms with Crippen molar-refractivity contribution in [2.45, 2.75) is 31.5 Å². The summed E-state index contributed by atoms with van der Waals surface area (Å²) in [6.07, 6.45) is 0.900. The molecule has 0 aliphatic carbocycles. The molecule has 0 bridgehead atoms. The molecule has 1 heterocycles. The zero-order chi connectivity index (χ0) is 18.5. The van der Waals surface area contributed by atoms with Gasteiger partial charge in [-0.2, -0.15) is 0 Å². The third-order valence-electron chi connectivity index (χ3n) is 5.11. The summed E-state index contributed by atoms with van der Waals surface area (Å²) in [6.45, 7) is 0.504. The summed E-state index contributed by atoms with van der Waals surface area (Å²) in [6, 6.07) is 18.9. The Bertz CT molecular complexity index is 748. The molecule has 1 aliphatic rings. The molecule has 0 radical (unpaired) electrons. The number of hydrogen-bond acceptors (Lipinski definition) is 3. The van der Waals surface area contributed by atoms with Crippen molar-refractivity contribution in [3.63, 3.8) is 0 Å². The number of carbonyl (C=O) groups excluding carboxylic acids is 1. The zero-order valence-corrected chi connectivity index (χ0v) is 14.8. The standard InChI is InChI=1S/C21H24N2O3/c1-22-20(21(25)26)17-13-19(24)23(14-16-10-6-3-7-11-16)18(17)12-15-8-4-2-5-9-15/h2-11,17-18,20,22H,12-14H2,1H3,(H,25,26)/t17-,18+,20?/m1/s1. The highest BCUT2D eigenvalue weighted by Crippen LogP contribution is 2.32. The number of likely N-dealkylation sites (N-methyl/N-ethyl adjacent to an activating group) is 1.